The number of carboxylic acids is 1. The molecule has 3 unspecified atom stereocenters. The lowest BCUT2D eigenvalue weighted by molar-refractivity contribution is -0.139. The summed E-state index contributed by atoms with van der Waals surface area (Å²) in [5.74, 6) is -1.30. The topological polar surface area (TPSA) is 79.7 Å². The third-order valence-electron chi connectivity index (χ3n) is 6.11. The number of benzene rings is 2. The molecular formula is C24H20ClFN2O4S. The SMILES string of the molecule is O=C(O)COc1ccc(Cl)cc1C1c2scnc2CCN1C(=O)C1CC1c1cccc(F)c1. The third-order valence-corrected chi connectivity index (χ3v) is 7.27. The van der Waals surface area contributed by atoms with Crippen molar-refractivity contribution >= 4 is 34.8 Å². The maximum atomic E-state index is 13.7. The van der Waals surface area contributed by atoms with Crippen molar-refractivity contribution in [2.24, 2.45) is 5.92 Å². The highest BCUT2D eigenvalue weighted by Gasteiger charge is 2.48. The Kier molecular flexibility index (Phi) is 5.80. The number of ether oxygens (including phenoxy) is 1. The zero-order chi connectivity index (χ0) is 23.1. The summed E-state index contributed by atoms with van der Waals surface area (Å²) in [6.07, 6.45) is 1.29. The Morgan fingerprint density at radius 1 is 1.27 bits per heavy atom. The van der Waals surface area contributed by atoms with Crippen molar-refractivity contribution < 1.29 is 23.8 Å². The minimum atomic E-state index is -1.10. The van der Waals surface area contributed by atoms with E-state index in [0.29, 0.717) is 35.7 Å². The molecule has 2 heterocycles. The van der Waals surface area contributed by atoms with E-state index in [4.69, 9.17) is 21.4 Å². The molecule has 0 saturated heterocycles. The average molecular weight is 487 g/mol. The van der Waals surface area contributed by atoms with Crippen LogP contribution in [0.25, 0.3) is 0 Å². The van der Waals surface area contributed by atoms with Crippen LogP contribution in [0, 0.1) is 11.7 Å². The Morgan fingerprint density at radius 3 is 2.91 bits per heavy atom. The number of carbonyl (C=O) groups is 2. The van der Waals surface area contributed by atoms with E-state index in [1.165, 1.54) is 23.5 Å². The minimum absolute atomic E-state index is 0.0150. The molecule has 1 fully saturated rings. The number of amides is 1. The van der Waals surface area contributed by atoms with Crippen LogP contribution in [0.3, 0.4) is 0 Å². The molecule has 1 amide bonds. The molecule has 2 aliphatic rings. The van der Waals surface area contributed by atoms with Crippen LogP contribution in [0.4, 0.5) is 4.39 Å². The summed E-state index contributed by atoms with van der Waals surface area (Å²) in [7, 11) is 0. The van der Waals surface area contributed by atoms with Gasteiger partial charge in [-0.1, -0.05) is 23.7 Å². The molecule has 0 bridgehead atoms. The number of fused-ring (bicyclic) bond motifs is 1. The monoisotopic (exact) mass is 486 g/mol. The van der Waals surface area contributed by atoms with E-state index in [0.717, 1.165) is 16.1 Å². The van der Waals surface area contributed by atoms with Gasteiger partial charge in [0.15, 0.2) is 6.61 Å². The Hall–Kier alpha value is -2.97. The zero-order valence-corrected chi connectivity index (χ0v) is 19.0. The Bertz CT molecular complexity index is 1230. The van der Waals surface area contributed by atoms with E-state index in [1.54, 1.807) is 29.8 Å². The summed E-state index contributed by atoms with van der Waals surface area (Å²) in [6.45, 7) is -0.0351. The largest absolute Gasteiger partial charge is 0.482 e. The van der Waals surface area contributed by atoms with E-state index in [2.05, 4.69) is 4.98 Å². The van der Waals surface area contributed by atoms with E-state index in [9.17, 15) is 14.0 Å². The maximum absolute atomic E-state index is 13.7. The molecule has 3 aromatic rings. The molecule has 33 heavy (non-hydrogen) atoms. The van der Waals surface area contributed by atoms with Crippen molar-refractivity contribution in [2.45, 2.75) is 24.8 Å². The summed E-state index contributed by atoms with van der Waals surface area (Å²) >= 11 is 7.75. The normalized spacial score (nSPS) is 21.4. The average Bonchev–Trinajstić information content (AvgIpc) is 3.45. The van der Waals surface area contributed by atoms with E-state index >= 15 is 0 Å². The number of halogens is 2. The Balaban J connectivity index is 1.49. The smallest absolute Gasteiger partial charge is 0.341 e. The van der Waals surface area contributed by atoms with E-state index < -0.39 is 18.6 Å². The molecule has 3 atom stereocenters. The summed E-state index contributed by atoms with van der Waals surface area (Å²) < 4.78 is 19.2. The number of carboxylic acid groups (broad SMARTS) is 1. The molecule has 1 N–H and O–H groups in total. The highest BCUT2D eigenvalue weighted by Crippen LogP contribution is 2.51. The number of aliphatic carboxylic acids is 1. The minimum Gasteiger partial charge on any atom is -0.482 e. The molecule has 9 heteroatoms. The van der Waals surface area contributed by atoms with Crippen LogP contribution in [0.2, 0.25) is 5.02 Å². The Morgan fingerprint density at radius 2 is 2.12 bits per heavy atom. The predicted octanol–water partition coefficient (Wildman–Crippen LogP) is 4.68. The van der Waals surface area contributed by atoms with Crippen molar-refractivity contribution in [3.63, 3.8) is 0 Å². The van der Waals surface area contributed by atoms with Gasteiger partial charge in [0, 0.05) is 29.5 Å². The highest BCUT2D eigenvalue weighted by molar-refractivity contribution is 7.09. The van der Waals surface area contributed by atoms with Crippen LogP contribution in [0.5, 0.6) is 5.75 Å². The first-order valence-electron chi connectivity index (χ1n) is 10.5. The molecule has 5 rings (SSSR count). The summed E-state index contributed by atoms with van der Waals surface area (Å²) in [6, 6.07) is 10.9. The fourth-order valence-corrected chi connectivity index (χ4v) is 5.67. The molecule has 0 spiro atoms. The number of thiazole rings is 1. The third kappa shape index (κ3) is 4.32. The van der Waals surface area contributed by atoms with Crippen LogP contribution >= 0.6 is 22.9 Å². The molecule has 2 aromatic carbocycles. The quantitative estimate of drug-likeness (QED) is 0.547. The predicted molar refractivity (Wildman–Crippen MR) is 121 cm³/mol. The zero-order valence-electron chi connectivity index (χ0n) is 17.4. The lowest BCUT2D eigenvalue weighted by Gasteiger charge is -2.36. The molecule has 0 radical (unpaired) electrons. The van der Waals surface area contributed by atoms with Gasteiger partial charge in [-0.3, -0.25) is 4.79 Å². The van der Waals surface area contributed by atoms with Gasteiger partial charge >= 0.3 is 5.97 Å². The van der Waals surface area contributed by atoms with Crippen molar-refractivity contribution in [3.8, 4) is 5.75 Å². The first-order valence-corrected chi connectivity index (χ1v) is 11.8. The fraction of sp³-hybridized carbons (Fsp3) is 0.292. The molecular weight excluding hydrogens is 467 g/mol. The molecule has 1 saturated carbocycles. The van der Waals surface area contributed by atoms with Gasteiger partial charge < -0.3 is 14.7 Å². The summed E-state index contributed by atoms with van der Waals surface area (Å²) in [5.41, 5.74) is 4.12. The number of rotatable bonds is 6. The fourth-order valence-electron chi connectivity index (χ4n) is 4.52. The lowest BCUT2D eigenvalue weighted by atomic mass is 9.95. The van der Waals surface area contributed by atoms with Crippen LogP contribution in [0.1, 0.15) is 40.1 Å². The highest BCUT2D eigenvalue weighted by atomic mass is 35.5. The van der Waals surface area contributed by atoms with Gasteiger partial charge in [-0.2, -0.15) is 0 Å². The summed E-state index contributed by atoms with van der Waals surface area (Å²) in [4.78, 5) is 31.9. The van der Waals surface area contributed by atoms with Gasteiger partial charge in [-0.25, -0.2) is 14.2 Å². The van der Waals surface area contributed by atoms with Gasteiger partial charge in [0.25, 0.3) is 0 Å². The second-order valence-electron chi connectivity index (χ2n) is 8.22. The van der Waals surface area contributed by atoms with Gasteiger partial charge in [0.1, 0.15) is 11.6 Å². The molecule has 1 aliphatic carbocycles. The van der Waals surface area contributed by atoms with Crippen molar-refractivity contribution in [3.05, 3.63) is 80.5 Å². The van der Waals surface area contributed by atoms with E-state index in [-0.39, 0.29) is 23.6 Å². The summed E-state index contributed by atoms with van der Waals surface area (Å²) in [5, 5.41) is 9.54. The molecule has 6 nitrogen and oxygen atoms in total. The van der Waals surface area contributed by atoms with Crippen LogP contribution < -0.4 is 4.74 Å². The number of aromatic nitrogens is 1. The van der Waals surface area contributed by atoms with Crippen LogP contribution in [-0.4, -0.2) is 40.0 Å². The lowest BCUT2D eigenvalue weighted by Crippen LogP contribution is -2.41. The van der Waals surface area contributed by atoms with Gasteiger partial charge in [0.2, 0.25) is 5.91 Å². The van der Waals surface area contributed by atoms with E-state index in [1.807, 2.05) is 11.0 Å². The number of hydrogen-bond donors (Lipinski definition) is 1. The second kappa shape index (κ2) is 8.76. The van der Waals surface area contributed by atoms with Gasteiger partial charge in [0.05, 0.1) is 22.1 Å². The molecule has 170 valence electrons. The van der Waals surface area contributed by atoms with Crippen LogP contribution in [-0.2, 0) is 16.0 Å². The van der Waals surface area contributed by atoms with Crippen LogP contribution in [0.15, 0.2) is 48.0 Å². The molecule has 1 aliphatic heterocycles. The number of carbonyl (C=O) groups excluding carboxylic acids is 1. The first kappa shape index (κ1) is 21.9. The Labute approximate surface area is 198 Å². The number of hydrogen-bond acceptors (Lipinski definition) is 5. The van der Waals surface area contributed by atoms with Crippen molar-refractivity contribution in [2.75, 3.05) is 13.2 Å². The first-order chi connectivity index (χ1) is 15.9. The standard InChI is InChI=1S/C24H20ClFN2O4S/c25-14-4-5-20(32-11-21(29)30)18(9-14)22-23-19(27-12-33-23)6-7-28(22)24(31)17-10-16(17)13-2-1-3-15(26)8-13/h1-5,8-9,12,16-17,22H,6-7,10-11H2,(H,29,30). The second-order valence-corrected chi connectivity index (χ2v) is 9.54. The van der Waals surface area contributed by atoms with Crippen molar-refractivity contribution in [1.82, 2.24) is 9.88 Å². The number of nitrogens with zero attached hydrogens (tertiary/aromatic N) is 2. The van der Waals surface area contributed by atoms with Crippen molar-refractivity contribution in [1.29, 1.82) is 0 Å². The maximum Gasteiger partial charge on any atom is 0.341 e. The van der Waals surface area contributed by atoms with Gasteiger partial charge in [-0.15, -0.1) is 11.3 Å². The van der Waals surface area contributed by atoms with Gasteiger partial charge in [-0.05, 0) is 48.2 Å². The molecule has 1 aromatic heterocycles.